The first-order valence-electron chi connectivity index (χ1n) is 19.0. The molecule has 3 atom stereocenters. The lowest BCUT2D eigenvalue weighted by atomic mass is 10.1. The Balaban J connectivity index is 4.60. The van der Waals surface area contributed by atoms with E-state index in [0.29, 0.717) is 17.4 Å². The average molecular weight is 698 g/mol. The van der Waals surface area contributed by atoms with E-state index in [1.807, 2.05) is 27.2 Å². The molecule has 0 aromatic heterocycles. The van der Waals surface area contributed by atoms with Crippen LogP contribution in [0.5, 0.6) is 0 Å². The number of allylic oxidation sites excluding steroid dienone is 7. The monoisotopic (exact) mass is 698 g/mol. The molecule has 1 amide bonds. The van der Waals surface area contributed by atoms with Crippen molar-refractivity contribution in [2.24, 2.45) is 0 Å². The molecule has 0 aromatic rings. The van der Waals surface area contributed by atoms with Gasteiger partial charge in [-0.15, -0.1) is 0 Å². The number of hydrogen-bond donors (Lipinski definition) is 3. The van der Waals surface area contributed by atoms with Crippen LogP contribution in [0.25, 0.3) is 0 Å². The number of nitrogens with zero attached hydrogens (tertiary/aromatic N) is 1. The van der Waals surface area contributed by atoms with Gasteiger partial charge >= 0.3 is 7.82 Å². The van der Waals surface area contributed by atoms with Crippen molar-refractivity contribution in [1.82, 2.24) is 5.32 Å². The van der Waals surface area contributed by atoms with Gasteiger partial charge in [-0.3, -0.25) is 13.8 Å². The molecule has 3 N–H and O–H groups in total. The highest BCUT2D eigenvalue weighted by Crippen LogP contribution is 2.43. The fraction of sp³-hybridized carbons (Fsp3) is 0.769. The lowest BCUT2D eigenvalue weighted by Crippen LogP contribution is -2.45. The average Bonchev–Trinajstić information content (AvgIpc) is 3.02. The van der Waals surface area contributed by atoms with Crippen LogP contribution >= 0.6 is 7.82 Å². The quantitative estimate of drug-likeness (QED) is 0.0273. The van der Waals surface area contributed by atoms with Gasteiger partial charge in [0.2, 0.25) is 5.91 Å². The normalized spacial score (nSPS) is 15.2. The molecule has 48 heavy (non-hydrogen) atoms. The van der Waals surface area contributed by atoms with Gasteiger partial charge in [0.1, 0.15) is 13.2 Å². The fourth-order valence-electron chi connectivity index (χ4n) is 4.91. The summed E-state index contributed by atoms with van der Waals surface area (Å²) in [5, 5.41) is 13.7. The number of likely N-dealkylation sites (N-methyl/N-ethyl adjacent to an activating group) is 1. The lowest BCUT2D eigenvalue weighted by Gasteiger charge is -2.25. The maximum Gasteiger partial charge on any atom is 0.472 e. The Kier molecular flexibility index (Phi) is 30.4. The van der Waals surface area contributed by atoms with Crippen LogP contribution < -0.4 is 5.32 Å². The molecule has 280 valence electrons. The first kappa shape index (κ1) is 46.5. The molecule has 0 saturated carbocycles. The van der Waals surface area contributed by atoms with Gasteiger partial charge in [0.25, 0.3) is 0 Å². The predicted octanol–water partition coefficient (Wildman–Crippen LogP) is 9.74. The first-order valence-corrected chi connectivity index (χ1v) is 20.5. The molecule has 0 rings (SSSR count). The van der Waals surface area contributed by atoms with Crippen LogP contribution in [0.3, 0.4) is 0 Å². The van der Waals surface area contributed by atoms with Crippen LogP contribution in [-0.4, -0.2) is 73.4 Å². The van der Waals surface area contributed by atoms with E-state index in [1.165, 1.54) is 57.8 Å². The standard InChI is InChI=1S/C39H73N2O6P/c1-6-8-10-12-14-16-18-19-20-21-23-25-27-29-31-33-39(43)40-37(36-47-48(44,45)46-35-34-41(3,4)5)38(42)32-30-28-26-24-22-17-15-13-11-9-7-2/h14,16,19-20,22,24,30,32,37-38,42H,6-13,15,17-18,21,23,25-29,31,33-36H2,1-5H3,(H-,40,43,44,45)/p+1/b16-14-,20-19-,24-22+,32-30+. The van der Waals surface area contributed by atoms with E-state index in [2.05, 4.69) is 55.6 Å². The van der Waals surface area contributed by atoms with Crippen molar-refractivity contribution in [2.75, 3.05) is 40.9 Å². The number of phosphoric acid groups is 1. The Morgan fingerprint density at radius 2 is 1.21 bits per heavy atom. The first-order chi connectivity index (χ1) is 23.0. The molecule has 0 aliphatic rings. The number of carbonyl (C=O) groups excluding carboxylic acids is 1. The van der Waals surface area contributed by atoms with Crippen LogP contribution in [0.15, 0.2) is 48.6 Å². The summed E-state index contributed by atoms with van der Waals surface area (Å²) >= 11 is 0. The molecule has 3 unspecified atom stereocenters. The van der Waals surface area contributed by atoms with Crippen molar-refractivity contribution in [1.29, 1.82) is 0 Å². The molecular formula is C39H74N2O6P+. The van der Waals surface area contributed by atoms with Crippen molar-refractivity contribution in [2.45, 2.75) is 154 Å². The fourth-order valence-corrected chi connectivity index (χ4v) is 5.64. The minimum Gasteiger partial charge on any atom is -0.387 e. The third kappa shape index (κ3) is 33.0. The van der Waals surface area contributed by atoms with Crippen LogP contribution in [0, 0.1) is 0 Å². The third-order valence-corrected chi connectivity index (χ3v) is 9.01. The minimum atomic E-state index is -4.34. The van der Waals surface area contributed by atoms with Gasteiger partial charge in [-0.2, -0.15) is 0 Å². The third-order valence-electron chi connectivity index (χ3n) is 8.02. The summed E-state index contributed by atoms with van der Waals surface area (Å²) in [5.41, 5.74) is 0. The lowest BCUT2D eigenvalue weighted by molar-refractivity contribution is -0.870. The van der Waals surface area contributed by atoms with Gasteiger partial charge in [-0.1, -0.05) is 120 Å². The number of amides is 1. The molecule has 0 aliphatic carbocycles. The molecule has 0 aromatic carbocycles. The van der Waals surface area contributed by atoms with Gasteiger partial charge in [-0.05, 0) is 64.2 Å². The van der Waals surface area contributed by atoms with Crippen LogP contribution in [0.2, 0.25) is 0 Å². The largest absolute Gasteiger partial charge is 0.472 e. The molecule has 9 heteroatoms. The van der Waals surface area contributed by atoms with Gasteiger partial charge < -0.3 is 19.8 Å². The number of carbonyl (C=O) groups is 1. The molecule has 0 aliphatic heterocycles. The molecule has 0 bridgehead atoms. The number of aliphatic hydroxyl groups is 1. The Hall–Kier alpha value is -1.54. The summed E-state index contributed by atoms with van der Waals surface area (Å²) in [7, 11) is 1.53. The number of aliphatic hydroxyl groups excluding tert-OH is 1. The maximum atomic E-state index is 12.8. The van der Waals surface area contributed by atoms with Crippen molar-refractivity contribution in [3.8, 4) is 0 Å². The second-order valence-corrected chi connectivity index (χ2v) is 15.4. The van der Waals surface area contributed by atoms with Gasteiger partial charge in [0, 0.05) is 6.42 Å². The zero-order chi connectivity index (χ0) is 35.8. The number of rotatable bonds is 33. The Labute approximate surface area is 295 Å². The number of hydrogen-bond acceptors (Lipinski definition) is 5. The van der Waals surface area contributed by atoms with E-state index in [1.54, 1.807) is 6.08 Å². The van der Waals surface area contributed by atoms with Crippen LogP contribution in [-0.2, 0) is 18.4 Å². The van der Waals surface area contributed by atoms with Crippen molar-refractivity contribution < 1.29 is 32.9 Å². The SMILES string of the molecule is CCCCC/C=C\C/C=C\CCCCCCCC(=O)NC(COP(=O)(O)OCC[N+](C)(C)C)C(O)/C=C/CC/C=C/CCCCCCC. The zero-order valence-electron chi connectivity index (χ0n) is 31.5. The predicted molar refractivity (Wildman–Crippen MR) is 203 cm³/mol. The Bertz CT molecular complexity index is 928. The van der Waals surface area contributed by atoms with Crippen LogP contribution in [0.4, 0.5) is 0 Å². The summed E-state index contributed by atoms with van der Waals surface area (Å²) in [4.78, 5) is 23.0. The van der Waals surface area contributed by atoms with Gasteiger partial charge in [-0.25, -0.2) is 4.57 Å². The summed E-state index contributed by atoms with van der Waals surface area (Å²) in [6.45, 7) is 4.69. The summed E-state index contributed by atoms with van der Waals surface area (Å²) in [5.74, 6) is -0.206. The second kappa shape index (κ2) is 31.4. The van der Waals surface area contributed by atoms with Gasteiger partial charge in [0.15, 0.2) is 0 Å². The van der Waals surface area contributed by atoms with Crippen LogP contribution in [0.1, 0.15) is 142 Å². The van der Waals surface area contributed by atoms with E-state index < -0.39 is 20.0 Å². The summed E-state index contributed by atoms with van der Waals surface area (Å²) < 4.78 is 23.4. The smallest absolute Gasteiger partial charge is 0.387 e. The highest BCUT2D eigenvalue weighted by atomic mass is 31.2. The topological polar surface area (TPSA) is 105 Å². The minimum absolute atomic E-state index is 0.0514. The molecular weight excluding hydrogens is 623 g/mol. The maximum absolute atomic E-state index is 12.8. The molecule has 8 nitrogen and oxygen atoms in total. The molecule has 0 radical (unpaired) electrons. The van der Waals surface area contributed by atoms with Crippen molar-refractivity contribution >= 4 is 13.7 Å². The highest BCUT2D eigenvalue weighted by molar-refractivity contribution is 7.47. The molecule has 0 fully saturated rings. The number of unbranched alkanes of at least 4 members (excludes halogenated alkanes) is 14. The Morgan fingerprint density at radius 1 is 0.708 bits per heavy atom. The molecule has 0 spiro atoms. The summed E-state index contributed by atoms with van der Waals surface area (Å²) in [6, 6.07) is -0.868. The zero-order valence-corrected chi connectivity index (χ0v) is 32.4. The molecule has 0 heterocycles. The highest BCUT2D eigenvalue weighted by Gasteiger charge is 2.27. The Morgan fingerprint density at radius 3 is 1.83 bits per heavy atom. The second-order valence-electron chi connectivity index (χ2n) is 13.9. The van der Waals surface area contributed by atoms with Crippen molar-refractivity contribution in [3.05, 3.63) is 48.6 Å². The van der Waals surface area contributed by atoms with E-state index >= 15 is 0 Å². The van der Waals surface area contributed by atoms with Crippen molar-refractivity contribution in [3.63, 3.8) is 0 Å². The summed E-state index contributed by atoms with van der Waals surface area (Å²) in [6.07, 6.45) is 37.5. The van der Waals surface area contributed by atoms with Gasteiger partial charge in [0.05, 0.1) is 39.9 Å². The number of phosphoric ester groups is 1. The number of quaternary nitrogens is 1. The number of nitrogens with one attached hydrogen (secondary N) is 1. The van der Waals surface area contributed by atoms with E-state index in [4.69, 9.17) is 9.05 Å². The van der Waals surface area contributed by atoms with E-state index in [-0.39, 0.29) is 19.1 Å². The van der Waals surface area contributed by atoms with E-state index in [9.17, 15) is 19.4 Å². The molecule has 0 saturated heterocycles. The van der Waals surface area contributed by atoms with E-state index in [0.717, 1.165) is 64.2 Å².